The molecular weight excluding hydrogens is 380 g/mol. The summed E-state index contributed by atoms with van der Waals surface area (Å²) in [5.74, 6) is 0.433. The first-order valence-electron chi connectivity index (χ1n) is 8.98. The van der Waals surface area contributed by atoms with Crippen LogP contribution < -0.4 is 14.8 Å². The monoisotopic (exact) mass is 404 g/mol. The molecule has 0 aliphatic heterocycles. The van der Waals surface area contributed by atoms with Crippen LogP contribution in [0.25, 0.3) is 0 Å². The Morgan fingerprint density at radius 3 is 2.57 bits per heavy atom. The Balaban J connectivity index is 2.26. The first kappa shape index (κ1) is 21.6. The van der Waals surface area contributed by atoms with E-state index < -0.39 is 0 Å². The molecular formula is C21H25ClN2O4. The highest BCUT2D eigenvalue weighted by molar-refractivity contribution is 6.32. The molecule has 2 rings (SSSR count). The van der Waals surface area contributed by atoms with Gasteiger partial charge >= 0.3 is 0 Å². The molecule has 28 heavy (non-hydrogen) atoms. The van der Waals surface area contributed by atoms with E-state index in [0.717, 1.165) is 12.0 Å². The smallest absolute Gasteiger partial charge is 0.255 e. The van der Waals surface area contributed by atoms with Gasteiger partial charge in [-0.1, -0.05) is 36.7 Å². The Morgan fingerprint density at radius 2 is 1.93 bits per heavy atom. The summed E-state index contributed by atoms with van der Waals surface area (Å²) in [5, 5.41) is 3.19. The molecule has 0 atom stereocenters. The third-order valence-electron chi connectivity index (χ3n) is 4.15. The van der Waals surface area contributed by atoms with Crippen LogP contribution in [-0.4, -0.2) is 37.5 Å². The Bertz CT molecular complexity index is 854. The highest BCUT2D eigenvalue weighted by Crippen LogP contribution is 2.36. The van der Waals surface area contributed by atoms with Crippen LogP contribution in [0.1, 0.15) is 36.2 Å². The van der Waals surface area contributed by atoms with Crippen molar-refractivity contribution in [3.8, 4) is 11.5 Å². The van der Waals surface area contributed by atoms with Gasteiger partial charge in [0.15, 0.2) is 11.5 Å². The van der Waals surface area contributed by atoms with Gasteiger partial charge in [-0.05, 0) is 30.2 Å². The summed E-state index contributed by atoms with van der Waals surface area (Å²) < 4.78 is 11.0. The van der Waals surface area contributed by atoms with Gasteiger partial charge in [0.25, 0.3) is 5.91 Å². The first-order chi connectivity index (χ1) is 13.4. The largest absolute Gasteiger partial charge is 0.493 e. The summed E-state index contributed by atoms with van der Waals surface area (Å²) in [6, 6.07) is 10.5. The van der Waals surface area contributed by atoms with Crippen LogP contribution >= 0.6 is 11.6 Å². The van der Waals surface area contributed by atoms with E-state index >= 15 is 0 Å². The van der Waals surface area contributed by atoms with Crippen molar-refractivity contribution in [1.29, 1.82) is 0 Å². The van der Waals surface area contributed by atoms with E-state index in [-0.39, 0.29) is 11.8 Å². The van der Waals surface area contributed by atoms with Crippen molar-refractivity contribution in [2.75, 3.05) is 26.1 Å². The fourth-order valence-electron chi connectivity index (χ4n) is 2.54. The van der Waals surface area contributed by atoms with E-state index in [1.54, 1.807) is 30.1 Å². The average Bonchev–Trinajstić information content (AvgIpc) is 2.67. The minimum atomic E-state index is -0.333. The molecule has 0 spiro atoms. The van der Waals surface area contributed by atoms with Gasteiger partial charge in [0.1, 0.15) is 0 Å². The minimum Gasteiger partial charge on any atom is -0.493 e. The summed E-state index contributed by atoms with van der Waals surface area (Å²) in [6.07, 6.45) is 0.827. The number of amides is 2. The number of carbonyl (C=O) groups excluding carboxylic acids is 2. The first-order valence-corrected chi connectivity index (χ1v) is 9.36. The molecule has 0 aliphatic carbocycles. The van der Waals surface area contributed by atoms with Gasteiger partial charge in [-0.15, -0.1) is 0 Å². The molecule has 150 valence electrons. The van der Waals surface area contributed by atoms with Crippen molar-refractivity contribution in [3.63, 3.8) is 0 Å². The molecule has 0 radical (unpaired) electrons. The highest BCUT2D eigenvalue weighted by Gasteiger charge is 2.17. The molecule has 0 bridgehead atoms. The Morgan fingerprint density at radius 1 is 1.21 bits per heavy atom. The molecule has 0 aromatic heterocycles. The molecule has 2 amide bonds. The number of hydrogen-bond acceptors (Lipinski definition) is 4. The molecule has 2 aromatic rings. The number of anilines is 1. The van der Waals surface area contributed by atoms with Gasteiger partial charge in [0, 0.05) is 31.8 Å². The van der Waals surface area contributed by atoms with Crippen LogP contribution in [0, 0.1) is 0 Å². The molecule has 0 saturated carbocycles. The summed E-state index contributed by atoms with van der Waals surface area (Å²) in [6.45, 7) is 4.37. The summed E-state index contributed by atoms with van der Waals surface area (Å²) >= 11 is 6.30. The number of ether oxygens (including phenoxy) is 2. The lowest BCUT2D eigenvalue weighted by atomic mass is 10.1. The fraction of sp³-hybridized carbons (Fsp3) is 0.333. The molecule has 0 heterocycles. The number of carbonyl (C=O) groups is 2. The second kappa shape index (κ2) is 9.99. The highest BCUT2D eigenvalue weighted by atomic mass is 35.5. The number of benzene rings is 2. The average molecular weight is 405 g/mol. The van der Waals surface area contributed by atoms with E-state index in [4.69, 9.17) is 21.1 Å². The maximum Gasteiger partial charge on any atom is 0.255 e. The zero-order valence-corrected chi connectivity index (χ0v) is 17.3. The lowest BCUT2D eigenvalue weighted by molar-refractivity contribution is -0.128. The number of methoxy groups -OCH3 is 1. The fourth-order valence-corrected chi connectivity index (χ4v) is 2.80. The third-order valence-corrected chi connectivity index (χ3v) is 4.43. The maximum absolute atomic E-state index is 12.8. The van der Waals surface area contributed by atoms with Crippen molar-refractivity contribution in [2.24, 2.45) is 0 Å². The van der Waals surface area contributed by atoms with Gasteiger partial charge < -0.3 is 19.7 Å². The van der Waals surface area contributed by atoms with E-state index in [9.17, 15) is 9.59 Å². The number of para-hydroxylation sites is 1. The lowest BCUT2D eigenvalue weighted by Gasteiger charge is -2.18. The van der Waals surface area contributed by atoms with Crippen molar-refractivity contribution in [1.82, 2.24) is 4.90 Å². The van der Waals surface area contributed by atoms with E-state index in [1.165, 1.54) is 14.0 Å². The Labute approximate surface area is 170 Å². The predicted molar refractivity (Wildman–Crippen MR) is 110 cm³/mol. The van der Waals surface area contributed by atoms with Crippen LogP contribution in [-0.2, 0) is 11.3 Å². The topological polar surface area (TPSA) is 67.9 Å². The number of nitrogens with zero attached hydrogens (tertiary/aromatic N) is 1. The molecule has 0 aliphatic rings. The van der Waals surface area contributed by atoms with Crippen LogP contribution in [0.4, 0.5) is 5.69 Å². The Hall–Kier alpha value is -2.73. The molecule has 0 unspecified atom stereocenters. The lowest BCUT2D eigenvalue weighted by Crippen LogP contribution is -2.24. The standard InChI is InChI=1S/C21H25ClN2O4/c1-5-10-28-20-17(22)11-16(12-19(20)27-4)21(26)23-18-9-7-6-8-15(18)13-24(3)14(2)25/h6-9,11-12H,5,10,13H2,1-4H3,(H,23,26). The van der Waals surface area contributed by atoms with Gasteiger partial charge in [-0.25, -0.2) is 0 Å². The van der Waals surface area contributed by atoms with E-state index in [2.05, 4.69) is 5.32 Å². The van der Waals surface area contributed by atoms with Gasteiger partial charge in [-0.3, -0.25) is 9.59 Å². The second-order valence-corrected chi connectivity index (χ2v) is 6.73. The summed E-state index contributed by atoms with van der Waals surface area (Å²) in [5.41, 5.74) is 1.80. The van der Waals surface area contributed by atoms with Gasteiger partial charge in [-0.2, -0.15) is 0 Å². The van der Waals surface area contributed by atoms with Crippen molar-refractivity contribution in [3.05, 3.63) is 52.5 Å². The molecule has 1 N–H and O–H groups in total. The number of hydrogen-bond donors (Lipinski definition) is 1. The molecule has 6 nitrogen and oxygen atoms in total. The number of rotatable bonds is 8. The zero-order valence-electron chi connectivity index (χ0n) is 16.5. The molecule has 0 saturated heterocycles. The van der Waals surface area contributed by atoms with Crippen molar-refractivity contribution < 1.29 is 19.1 Å². The second-order valence-electron chi connectivity index (χ2n) is 6.32. The minimum absolute atomic E-state index is 0.0553. The summed E-state index contributed by atoms with van der Waals surface area (Å²) in [4.78, 5) is 25.9. The normalized spacial score (nSPS) is 10.3. The maximum atomic E-state index is 12.8. The number of halogens is 1. The van der Waals surface area contributed by atoms with Gasteiger partial charge in [0.05, 0.1) is 18.7 Å². The Kier molecular flexibility index (Phi) is 7.70. The van der Waals surface area contributed by atoms with Crippen LogP contribution in [0.3, 0.4) is 0 Å². The van der Waals surface area contributed by atoms with Crippen LogP contribution in [0.15, 0.2) is 36.4 Å². The molecule has 7 heteroatoms. The van der Waals surface area contributed by atoms with E-state index in [0.29, 0.717) is 40.9 Å². The third kappa shape index (κ3) is 5.39. The number of nitrogens with one attached hydrogen (secondary N) is 1. The van der Waals surface area contributed by atoms with Crippen LogP contribution in [0.2, 0.25) is 5.02 Å². The summed E-state index contributed by atoms with van der Waals surface area (Å²) in [7, 11) is 3.21. The van der Waals surface area contributed by atoms with Crippen molar-refractivity contribution in [2.45, 2.75) is 26.8 Å². The van der Waals surface area contributed by atoms with Gasteiger partial charge in [0.2, 0.25) is 5.91 Å². The predicted octanol–water partition coefficient (Wildman–Crippen LogP) is 4.37. The quantitative estimate of drug-likeness (QED) is 0.709. The van der Waals surface area contributed by atoms with Crippen molar-refractivity contribution >= 4 is 29.1 Å². The van der Waals surface area contributed by atoms with Crippen LogP contribution in [0.5, 0.6) is 11.5 Å². The van der Waals surface area contributed by atoms with E-state index in [1.807, 2.05) is 25.1 Å². The molecule has 0 fully saturated rings. The zero-order chi connectivity index (χ0) is 20.7. The molecule has 2 aromatic carbocycles. The SMILES string of the molecule is CCCOc1c(Cl)cc(C(=O)Nc2ccccc2CN(C)C(C)=O)cc1OC.